The Hall–Kier alpha value is -2.52. The fourth-order valence-electron chi connectivity index (χ4n) is 4.49. The summed E-state index contributed by atoms with van der Waals surface area (Å²) in [7, 11) is 0. The summed E-state index contributed by atoms with van der Waals surface area (Å²) in [4.78, 5) is 15.0. The van der Waals surface area contributed by atoms with E-state index in [1.54, 1.807) is 0 Å². The molecule has 1 aromatic carbocycles. The van der Waals surface area contributed by atoms with Gasteiger partial charge in [-0.3, -0.25) is 0 Å². The Kier molecular flexibility index (Phi) is 6.93. The highest BCUT2D eigenvalue weighted by Gasteiger charge is 2.14. The maximum atomic E-state index is 5.13. The predicted octanol–water partition coefficient (Wildman–Crippen LogP) is 0.781. The Morgan fingerprint density at radius 2 is 0.812 bits per heavy atom. The number of hydrogen-bond donors (Lipinski definition) is 4. The molecule has 32 heavy (non-hydrogen) atoms. The topological polar surface area (TPSA) is 80.4 Å². The maximum absolute atomic E-state index is 5.13. The van der Waals surface area contributed by atoms with Gasteiger partial charge in [-0.05, 0) is 24.3 Å². The summed E-state index contributed by atoms with van der Waals surface area (Å²) in [6.45, 7) is 11.7. The lowest BCUT2D eigenvalue weighted by Crippen LogP contribution is -2.34. The third-order valence-corrected chi connectivity index (χ3v) is 6.33. The lowest BCUT2D eigenvalue weighted by Gasteiger charge is -2.24. The van der Waals surface area contributed by atoms with E-state index in [4.69, 9.17) is 9.97 Å². The van der Waals surface area contributed by atoms with Crippen LogP contribution >= 0.6 is 0 Å². The Morgan fingerprint density at radius 1 is 0.469 bits per heavy atom. The number of hydrogen-bond acceptors (Lipinski definition) is 8. The van der Waals surface area contributed by atoms with Crippen LogP contribution in [0.2, 0.25) is 0 Å². The molecule has 2 aromatic heterocycles. The molecule has 3 aromatic rings. The molecule has 5 rings (SSSR count). The second-order valence-electron chi connectivity index (χ2n) is 8.52. The van der Waals surface area contributed by atoms with Crippen LogP contribution in [0.3, 0.4) is 0 Å². The molecule has 4 heterocycles. The number of fused-ring (bicyclic) bond motifs is 3. The molecule has 4 N–H and O–H groups in total. The molecule has 2 aliphatic rings. The Bertz CT molecular complexity index is 936. The smallest absolute Gasteiger partial charge is 0.129 e. The zero-order valence-electron chi connectivity index (χ0n) is 18.7. The lowest BCUT2D eigenvalue weighted by molar-refractivity contribution is 0.652. The molecule has 170 valence electrons. The Balaban J connectivity index is 1.50. The van der Waals surface area contributed by atoms with Crippen molar-refractivity contribution >= 4 is 33.4 Å². The number of aromatic nitrogens is 2. The summed E-state index contributed by atoms with van der Waals surface area (Å²) < 4.78 is 0. The van der Waals surface area contributed by atoms with Crippen molar-refractivity contribution in [1.29, 1.82) is 0 Å². The molecule has 8 nitrogen and oxygen atoms in total. The number of nitrogens with one attached hydrogen (secondary N) is 4. The molecule has 2 saturated heterocycles. The van der Waals surface area contributed by atoms with E-state index in [1.165, 1.54) is 0 Å². The van der Waals surface area contributed by atoms with Gasteiger partial charge in [-0.25, -0.2) is 9.97 Å². The van der Waals surface area contributed by atoms with Crippen LogP contribution in [0.1, 0.15) is 0 Å². The third-order valence-electron chi connectivity index (χ3n) is 6.33. The molecule has 0 saturated carbocycles. The van der Waals surface area contributed by atoms with Gasteiger partial charge in [-0.15, -0.1) is 0 Å². The normalized spacial score (nSPS) is 19.6. The van der Waals surface area contributed by atoms with E-state index in [0.717, 1.165) is 112 Å². The molecule has 8 heteroatoms. The fraction of sp³-hybridized carbons (Fsp3) is 0.500. The second kappa shape index (κ2) is 10.4. The molecule has 0 amide bonds. The minimum atomic E-state index is 0.956. The first kappa shape index (κ1) is 21.3. The minimum absolute atomic E-state index is 0.956. The van der Waals surface area contributed by atoms with Crippen LogP contribution in [0.25, 0.3) is 21.8 Å². The summed E-state index contributed by atoms with van der Waals surface area (Å²) in [5.41, 5.74) is 1.98. The standard InChI is InChI=1S/C24H34N8/c1-2-20-4-6-22(32-17-13-27-9-10-28-14-18-32)30-24(20)23-19(1)3-5-21(29-23)31-15-11-25-7-8-26-12-16-31/h1-6,25-28H,7-18H2. The molecule has 0 spiro atoms. The summed E-state index contributed by atoms with van der Waals surface area (Å²) >= 11 is 0. The zero-order chi connectivity index (χ0) is 21.6. The number of nitrogens with zero attached hydrogens (tertiary/aromatic N) is 4. The van der Waals surface area contributed by atoms with Crippen molar-refractivity contribution in [3.05, 3.63) is 36.4 Å². The first-order valence-corrected chi connectivity index (χ1v) is 11.9. The molecule has 0 bridgehead atoms. The van der Waals surface area contributed by atoms with Crippen LogP contribution in [-0.2, 0) is 0 Å². The van der Waals surface area contributed by atoms with Gasteiger partial charge in [-0.2, -0.15) is 0 Å². The van der Waals surface area contributed by atoms with Crippen LogP contribution in [0.15, 0.2) is 36.4 Å². The largest absolute Gasteiger partial charge is 0.354 e. The number of anilines is 2. The first-order valence-electron chi connectivity index (χ1n) is 11.9. The van der Waals surface area contributed by atoms with Crippen molar-refractivity contribution in [1.82, 2.24) is 31.2 Å². The van der Waals surface area contributed by atoms with E-state index in [-0.39, 0.29) is 0 Å². The quantitative estimate of drug-likeness (QED) is 0.441. The summed E-state index contributed by atoms with van der Waals surface area (Å²) in [6, 6.07) is 13.0. The SMILES string of the molecule is c1cc2ccc3ccc(N4CCNCCNCC4)nc3c2nc1N1CCNCCNCC1. The zero-order valence-corrected chi connectivity index (χ0v) is 18.7. The number of pyridine rings is 2. The highest BCUT2D eigenvalue weighted by molar-refractivity contribution is 6.03. The maximum Gasteiger partial charge on any atom is 0.129 e. The van der Waals surface area contributed by atoms with E-state index < -0.39 is 0 Å². The van der Waals surface area contributed by atoms with Crippen molar-refractivity contribution < 1.29 is 0 Å². The molecule has 2 fully saturated rings. The van der Waals surface area contributed by atoms with Crippen LogP contribution in [0.5, 0.6) is 0 Å². The second-order valence-corrected chi connectivity index (χ2v) is 8.52. The lowest BCUT2D eigenvalue weighted by atomic mass is 10.1. The van der Waals surface area contributed by atoms with Gasteiger partial charge in [-0.1, -0.05) is 12.1 Å². The van der Waals surface area contributed by atoms with Crippen molar-refractivity contribution in [2.45, 2.75) is 0 Å². The Labute approximate surface area is 189 Å². The van der Waals surface area contributed by atoms with E-state index >= 15 is 0 Å². The van der Waals surface area contributed by atoms with Gasteiger partial charge in [0.15, 0.2) is 0 Å². The van der Waals surface area contributed by atoms with Crippen molar-refractivity contribution in [2.75, 3.05) is 88.3 Å². The van der Waals surface area contributed by atoms with Crippen LogP contribution in [-0.4, -0.2) is 88.5 Å². The molecule has 0 unspecified atom stereocenters. The van der Waals surface area contributed by atoms with E-state index in [1.807, 2.05) is 0 Å². The molecule has 0 radical (unpaired) electrons. The fourth-order valence-corrected chi connectivity index (χ4v) is 4.49. The highest BCUT2D eigenvalue weighted by Crippen LogP contribution is 2.27. The molecule has 0 atom stereocenters. The highest BCUT2D eigenvalue weighted by atomic mass is 15.2. The Morgan fingerprint density at radius 3 is 1.19 bits per heavy atom. The summed E-state index contributed by atoms with van der Waals surface area (Å²) in [5.74, 6) is 2.05. The van der Waals surface area contributed by atoms with E-state index in [2.05, 4.69) is 67.5 Å². The van der Waals surface area contributed by atoms with Crippen molar-refractivity contribution in [3.8, 4) is 0 Å². The van der Waals surface area contributed by atoms with Gasteiger partial charge in [0, 0.05) is 89.3 Å². The minimum Gasteiger partial charge on any atom is -0.354 e. The van der Waals surface area contributed by atoms with Crippen LogP contribution < -0.4 is 31.1 Å². The van der Waals surface area contributed by atoms with Gasteiger partial charge >= 0.3 is 0 Å². The first-order chi connectivity index (χ1) is 15.9. The number of benzene rings is 1. The van der Waals surface area contributed by atoms with Crippen LogP contribution in [0.4, 0.5) is 11.6 Å². The van der Waals surface area contributed by atoms with Gasteiger partial charge in [0.05, 0.1) is 11.0 Å². The summed E-state index contributed by atoms with van der Waals surface area (Å²) in [6.07, 6.45) is 0. The molecule has 0 aliphatic carbocycles. The van der Waals surface area contributed by atoms with Crippen molar-refractivity contribution in [3.63, 3.8) is 0 Å². The number of rotatable bonds is 2. The van der Waals surface area contributed by atoms with Crippen molar-refractivity contribution in [2.24, 2.45) is 0 Å². The van der Waals surface area contributed by atoms with Gasteiger partial charge in [0.1, 0.15) is 11.6 Å². The average Bonchev–Trinajstić information content (AvgIpc) is 3.07. The average molecular weight is 435 g/mol. The van der Waals surface area contributed by atoms with E-state index in [9.17, 15) is 0 Å². The van der Waals surface area contributed by atoms with Gasteiger partial charge in [0.2, 0.25) is 0 Å². The third kappa shape index (κ3) is 4.94. The monoisotopic (exact) mass is 434 g/mol. The van der Waals surface area contributed by atoms with Crippen LogP contribution in [0, 0.1) is 0 Å². The summed E-state index contributed by atoms with van der Waals surface area (Å²) in [5, 5.41) is 16.2. The molecular formula is C24H34N8. The van der Waals surface area contributed by atoms with E-state index in [0.29, 0.717) is 0 Å². The molecule has 2 aliphatic heterocycles. The predicted molar refractivity (Wildman–Crippen MR) is 133 cm³/mol. The molecular weight excluding hydrogens is 400 g/mol. The van der Waals surface area contributed by atoms with Gasteiger partial charge < -0.3 is 31.1 Å². The van der Waals surface area contributed by atoms with Gasteiger partial charge in [0.25, 0.3) is 0 Å².